The summed E-state index contributed by atoms with van der Waals surface area (Å²) in [6.07, 6.45) is 0.875. The number of hydrogen-bond donors (Lipinski definition) is 1. The van der Waals surface area contributed by atoms with Crippen LogP contribution in [0.2, 0.25) is 0 Å². The second kappa shape index (κ2) is 7.38. The van der Waals surface area contributed by atoms with E-state index in [1.165, 1.54) is 5.56 Å². The van der Waals surface area contributed by atoms with Gasteiger partial charge in [0, 0.05) is 36.6 Å². The molecule has 5 heteroatoms. The number of rotatable bonds is 4. The van der Waals surface area contributed by atoms with Crippen molar-refractivity contribution in [3.8, 4) is 0 Å². The van der Waals surface area contributed by atoms with Crippen LogP contribution in [0.15, 0.2) is 48.5 Å². The van der Waals surface area contributed by atoms with Crippen molar-refractivity contribution in [3.05, 3.63) is 59.7 Å². The van der Waals surface area contributed by atoms with Crippen molar-refractivity contribution in [1.82, 2.24) is 4.90 Å². The van der Waals surface area contributed by atoms with Crippen molar-refractivity contribution in [3.63, 3.8) is 0 Å². The summed E-state index contributed by atoms with van der Waals surface area (Å²) in [5.74, 6) is -0.0381. The van der Waals surface area contributed by atoms with Gasteiger partial charge in [0.2, 0.25) is 0 Å². The highest BCUT2D eigenvalue weighted by molar-refractivity contribution is 6.08. The lowest BCUT2D eigenvalue weighted by Gasteiger charge is -2.20. The number of nitrogens with one attached hydrogen (secondary N) is 1. The molecule has 1 N–H and O–H groups in total. The van der Waals surface area contributed by atoms with E-state index < -0.39 is 0 Å². The topological polar surface area (TPSA) is 52.7 Å². The predicted molar refractivity (Wildman–Crippen MR) is 100 cm³/mol. The van der Waals surface area contributed by atoms with Gasteiger partial charge in [-0.25, -0.2) is 4.79 Å². The molecule has 1 aliphatic heterocycles. The lowest BCUT2D eigenvalue weighted by molar-refractivity contribution is 0.0989. The summed E-state index contributed by atoms with van der Waals surface area (Å²) in [4.78, 5) is 28.6. The van der Waals surface area contributed by atoms with Crippen LogP contribution in [0.5, 0.6) is 0 Å². The molecule has 1 aliphatic rings. The third kappa shape index (κ3) is 3.50. The number of hydrogen-bond acceptors (Lipinski definition) is 2. The normalized spacial score (nSPS) is 12.6. The monoisotopic (exact) mass is 337 g/mol. The molecule has 0 atom stereocenters. The molecule has 2 aromatic rings. The van der Waals surface area contributed by atoms with E-state index in [0.717, 1.165) is 12.1 Å². The molecule has 2 aromatic carbocycles. The fourth-order valence-corrected chi connectivity index (χ4v) is 3.15. The summed E-state index contributed by atoms with van der Waals surface area (Å²) in [7, 11) is 0. The Kier molecular flexibility index (Phi) is 5.03. The molecule has 0 aliphatic carbocycles. The minimum atomic E-state index is -0.152. The SMILES string of the molecule is CCN(CC)C(=O)Nc1cccc(C(=O)N2CCc3ccccc32)c1. The molecule has 3 rings (SSSR count). The first kappa shape index (κ1) is 17.0. The van der Waals surface area contributed by atoms with Gasteiger partial charge in [0.15, 0.2) is 0 Å². The van der Waals surface area contributed by atoms with Crippen molar-refractivity contribution in [1.29, 1.82) is 0 Å². The number of para-hydroxylation sites is 1. The Balaban J connectivity index is 1.78. The molecular formula is C20H23N3O2. The maximum Gasteiger partial charge on any atom is 0.321 e. The number of urea groups is 1. The molecule has 0 saturated heterocycles. The second-order valence-electron chi connectivity index (χ2n) is 6.02. The molecule has 0 radical (unpaired) electrons. The number of carbonyl (C=O) groups is 2. The minimum absolute atomic E-state index is 0.0381. The molecule has 130 valence electrons. The molecule has 0 fully saturated rings. The zero-order valence-corrected chi connectivity index (χ0v) is 14.7. The van der Waals surface area contributed by atoms with Gasteiger partial charge in [-0.15, -0.1) is 0 Å². The summed E-state index contributed by atoms with van der Waals surface area (Å²) in [6.45, 7) is 5.85. The molecular weight excluding hydrogens is 314 g/mol. The van der Waals surface area contributed by atoms with E-state index in [1.807, 2.05) is 32.0 Å². The van der Waals surface area contributed by atoms with Crippen LogP contribution in [0, 0.1) is 0 Å². The number of amides is 3. The molecule has 0 bridgehead atoms. The van der Waals surface area contributed by atoms with Crippen molar-refractivity contribution in [2.75, 3.05) is 29.9 Å². The molecule has 1 heterocycles. The fourth-order valence-electron chi connectivity index (χ4n) is 3.15. The first-order chi connectivity index (χ1) is 12.1. The van der Waals surface area contributed by atoms with Gasteiger partial charge >= 0.3 is 6.03 Å². The van der Waals surface area contributed by atoms with Gasteiger partial charge in [-0.05, 0) is 50.1 Å². The number of carbonyl (C=O) groups excluding carboxylic acids is 2. The summed E-state index contributed by atoms with van der Waals surface area (Å²) >= 11 is 0. The summed E-state index contributed by atoms with van der Waals surface area (Å²) in [5.41, 5.74) is 3.39. The molecule has 0 spiro atoms. The van der Waals surface area contributed by atoms with Crippen LogP contribution in [0.25, 0.3) is 0 Å². The molecule has 0 aromatic heterocycles. The largest absolute Gasteiger partial charge is 0.325 e. The lowest BCUT2D eigenvalue weighted by atomic mass is 10.1. The van der Waals surface area contributed by atoms with Gasteiger partial charge in [-0.3, -0.25) is 4.79 Å². The van der Waals surface area contributed by atoms with Gasteiger partial charge in [0.05, 0.1) is 0 Å². The van der Waals surface area contributed by atoms with Gasteiger partial charge < -0.3 is 15.1 Å². The van der Waals surface area contributed by atoms with Crippen molar-refractivity contribution in [2.24, 2.45) is 0 Å². The molecule has 0 saturated carbocycles. The van der Waals surface area contributed by atoms with E-state index in [0.29, 0.717) is 30.9 Å². The second-order valence-corrected chi connectivity index (χ2v) is 6.02. The van der Waals surface area contributed by atoms with Gasteiger partial charge in [-0.2, -0.15) is 0 Å². The first-order valence-corrected chi connectivity index (χ1v) is 8.69. The minimum Gasteiger partial charge on any atom is -0.325 e. The Labute approximate surface area is 148 Å². The number of benzene rings is 2. The first-order valence-electron chi connectivity index (χ1n) is 8.69. The van der Waals surface area contributed by atoms with Crippen LogP contribution in [-0.2, 0) is 6.42 Å². The molecule has 0 unspecified atom stereocenters. The van der Waals surface area contributed by atoms with E-state index in [1.54, 1.807) is 34.1 Å². The average molecular weight is 337 g/mol. The van der Waals surface area contributed by atoms with Crippen molar-refractivity contribution >= 4 is 23.3 Å². The van der Waals surface area contributed by atoms with E-state index in [-0.39, 0.29) is 11.9 Å². The number of fused-ring (bicyclic) bond motifs is 1. The highest BCUT2D eigenvalue weighted by atomic mass is 16.2. The summed E-state index contributed by atoms with van der Waals surface area (Å²) < 4.78 is 0. The zero-order chi connectivity index (χ0) is 17.8. The standard InChI is InChI=1S/C20H23N3O2/c1-3-22(4-2)20(25)21-17-10-7-9-16(14-17)19(24)23-13-12-15-8-5-6-11-18(15)23/h5-11,14H,3-4,12-13H2,1-2H3,(H,21,25). The fraction of sp³-hybridized carbons (Fsp3) is 0.300. The van der Waals surface area contributed by atoms with Gasteiger partial charge in [0.25, 0.3) is 5.91 Å². The van der Waals surface area contributed by atoms with Gasteiger partial charge in [0.1, 0.15) is 0 Å². The Morgan fingerprint density at radius 3 is 2.60 bits per heavy atom. The highest BCUT2D eigenvalue weighted by Gasteiger charge is 2.25. The zero-order valence-electron chi connectivity index (χ0n) is 14.7. The van der Waals surface area contributed by atoms with E-state index in [2.05, 4.69) is 11.4 Å². The van der Waals surface area contributed by atoms with Crippen LogP contribution in [0.4, 0.5) is 16.2 Å². The van der Waals surface area contributed by atoms with Gasteiger partial charge in [-0.1, -0.05) is 24.3 Å². The smallest absolute Gasteiger partial charge is 0.321 e. The van der Waals surface area contributed by atoms with Crippen LogP contribution >= 0.6 is 0 Å². The van der Waals surface area contributed by atoms with Crippen LogP contribution in [0.3, 0.4) is 0 Å². The number of nitrogens with zero attached hydrogens (tertiary/aromatic N) is 2. The maximum atomic E-state index is 12.9. The third-order valence-corrected chi connectivity index (χ3v) is 4.54. The molecule has 3 amide bonds. The Bertz CT molecular complexity index is 784. The van der Waals surface area contributed by atoms with Crippen LogP contribution < -0.4 is 10.2 Å². The highest BCUT2D eigenvalue weighted by Crippen LogP contribution is 2.29. The molecule has 25 heavy (non-hydrogen) atoms. The van der Waals surface area contributed by atoms with E-state index in [9.17, 15) is 9.59 Å². The average Bonchev–Trinajstić information content (AvgIpc) is 3.06. The van der Waals surface area contributed by atoms with Crippen LogP contribution in [-0.4, -0.2) is 36.5 Å². The van der Waals surface area contributed by atoms with Crippen molar-refractivity contribution < 1.29 is 9.59 Å². The summed E-state index contributed by atoms with van der Waals surface area (Å²) in [6, 6.07) is 15.0. The number of anilines is 2. The van der Waals surface area contributed by atoms with Crippen molar-refractivity contribution in [2.45, 2.75) is 20.3 Å². The maximum absolute atomic E-state index is 12.9. The summed E-state index contributed by atoms with van der Waals surface area (Å²) in [5, 5.41) is 2.87. The third-order valence-electron chi connectivity index (χ3n) is 4.54. The quantitative estimate of drug-likeness (QED) is 0.923. The Morgan fingerprint density at radius 2 is 1.84 bits per heavy atom. The van der Waals surface area contributed by atoms with Crippen LogP contribution in [0.1, 0.15) is 29.8 Å². The lowest BCUT2D eigenvalue weighted by Crippen LogP contribution is -2.34. The molecule has 5 nitrogen and oxygen atoms in total. The van der Waals surface area contributed by atoms with E-state index in [4.69, 9.17) is 0 Å². The predicted octanol–water partition coefficient (Wildman–Crippen LogP) is 3.76. The Hall–Kier alpha value is -2.82. The Morgan fingerprint density at radius 1 is 1.08 bits per heavy atom. The van der Waals surface area contributed by atoms with E-state index >= 15 is 0 Å².